The van der Waals surface area contributed by atoms with E-state index in [1.165, 1.54) is 0 Å². The third kappa shape index (κ3) is 2.95. The molecule has 124 valence electrons. The Hall–Kier alpha value is -2.89. The number of aromatic nitrogens is 3. The van der Waals surface area contributed by atoms with E-state index in [-0.39, 0.29) is 5.91 Å². The molecule has 3 rings (SSSR count). The van der Waals surface area contributed by atoms with E-state index < -0.39 is 0 Å². The number of pyridine rings is 1. The van der Waals surface area contributed by atoms with Gasteiger partial charge in [-0.25, -0.2) is 0 Å². The van der Waals surface area contributed by atoms with E-state index in [0.717, 1.165) is 16.6 Å². The summed E-state index contributed by atoms with van der Waals surface area (Å²) in [6.45, 7) is 6.19. The van der Waals surface area contributed by atoms with Crippen LogP contribution < -0.4 is 10.1 Å². The summed E-state index contributed by atoms with van der Waals surface area (Å²) < 4.78 is 5.39. The summed E-state index contributed by atoms with van der Waals surface area (Å²) in [4.78, 5) is 17.3. The zero-order chi connectivity index (χ0) is 17.3. The molecule has 0 unspecified atom stereocenters. The minimum atomic E-state index is -0.242. The van der Waals surface area contributed by atoms with Gasteiger partial charge in [0, 0.05) is 17.3 Å². The molecule has 0 spiro atoms. The number of rotatable bonds is 4. The number of hydrogen-bond donors (Lipinski definition) is 2. The van der Waals surface area contributed by atoms with Gasteiger partial charge in [-0.2, -0.15) is 5.10 Å². The predicted molar refractivity (Wildman–Crippen MR) is 93.7 cm³/mol. The molecule has 0 saturated carbocycles. The molecular weight excluding hydrogens is 304 g/mol. The van der Waals surface area contributed by atoms with E-state index in [1.54, 1.807) is 25.6 Å². The molecule has 0 bridgehead atoms. The molecule has 0 saturated heterocycles. The fourth-order valence-electron chi connectivity index (χ4n) is 2.75. The fourth-order valence-corrected chi connectivity index (χ4v) is 2.75. The number of fused-ring (bicyclic) bond motifs is 1. The zero-order valence-electron chi connectivity index (χ0n) is 14.2. The first-order valence-corrected chi connectivity index (χ1v) is 7.79. The Bertz CT molecular complexity index is 886. The van der Waals surface area contributed by atoms with Crippen molar-refractivity contribution < 1.29 is 9.53 Å². The standard InChI is InChI=1S/C18H20N4O2/c1-10(2)14-5-11(3)21-17-15(14)6-13(24-4)7-16(17)18(23)22-12-8-19-20-9-12/h5-10H,1-4H3,(H,19,20)(H,22,23). The van der Waals surface area contributed by atoms with Crippen LogP contribution in [0.5, 0.6) is 5.75 Å². The quantitative estimate of drug-likeness (QED) is 0.767. The Morgan fingerprint density at radius 1 is 1.29 bits per heavy atom. The van der Waals surface area contributed by atoms with Crippen molar-refractivity contribution in [2.75, 3.05) is 12.4 Å². The minimum absolute atomic E-state index is 0.242. The van der Waals surface area contributed by atoms with Crippen LogP contribution >= 0.6 is 0 Å². The number of H-pyrrole nitrogens is 1. The lowest BCUT2D eigenvalue weighted by Crippen LogP contribution is -2.13. The van der Waals surface area contributed by atoms with Crippen molar-refractivity contribution in [1.29, 1.82) is 0 Å². The van der Waals surface area contributed by atoms with Crippen LogP contribution in [0.4, 0.5) is 5.69 Å². The summed E-state index contributed by atoms with van der Waals surface area (Å²) in [5.74, 6) is 0.701. The van der Waals surface area contributed by atoms with Crippen LogP contribution in [0.15, 0.2) is 30.6 Å². The number of hydrogen-bond acceptors (Lipinski definition) is 4. The number of benzene rings is 1. The fraction of sp³-hybridized carbons (Fsp3) is 0.278. The van der Waals surface area contributed by atoms with Crippen molar-refractivity contribution in [2.24, 2.45) is 0 Å². The molecule has 0 aliphatic carbocycles. The van der Waals surface area contributed by atoms with Gasteiger partial charge in [0.1, 0.15) is 5.75 Å². The first-order valence-electron chi connectivity index (χ1n) is 7.79. The van der Waals surface area contributed by atoms with Crippen molar-refractivity contribution in [2.45, 2.75) is 26.7 Å². The normalized spacial score (nSPS) is 11.0. The SMILES string of the molecule is COc1cc(C(=O)Nc2cn[nH]c2)c2nc(C)cc(C(C)C)c2c1. The molecule has 2 aromatic heterocycles. The van der Waals surface area contributed by atoms with E-state index in [1.807, 2.05) is 13.0 Å². The molecule has 6 nitrogen and oxygen atoms in total. The summed E-state index contributed by atoms with van der Waals surface area (Å²) in [6, 6.07) is 5.71. The molecule has 2 N–H and O–H groups in total. The van der Waals surface area contributed by atoms with Gasteiger partial charge >= 0.3 is 0 Å². The van der Waals surface area contributed by atoms with Gasteiger partial charge in [-0.3, -0.25) is 14.9 Å². The largest absolute Gasteiger partial charge is 0.497 e. The number of amides is 1. The molecule has 2 heterocycles. The minimum Gasteiger partial charge on any atom is -0.497 e. The van der Waals surface area contributed by atoms with Crippen LogP contribution in [0, 0.1) is 6.92 Å². The van der Waals surface area contributed by atoms with Crippen LogP contribution in [0.25, 0.3) is 10.9 Å². The van der Waals surface area contributed by atoms with E-state index in [0.29, 0.717) is 28.4 Å². The molecular formula is C18H20N4O2. The highest BCUT2D eigenvalue weighted by atomic mass is 16.5. The summed E-state index contributed by atoms with van der Waals surface area (Å²) >= 11 is 0. The Balaban J connectivity index is 2.20. The average Bonchev–Trinajstić information content (AvgIpc) is 3.05. The van der Waals surface area contributed by atoms with Gasteiger partial charge in [0.05, 0.1) is 30.1 Å². The maximum Gasteiger partial charge on any atom is 0.258 e. The highest BCUT2D eigenvalue weighted by molar-refractivity contribution is 6.12. The summed E-state index contributed by atoms with van der Waals surface area (Å²) in [5, 5.41) is 10.3. The molecule has 24 heavy (non-hydrogen) atoms. The molecule has 6 heteroatoms. The monoisotopic (exact) mass is 324 g/mol. The van der Waals surface area contributed by atoms with Gasteiger partial charge in [0.25, 0.3) is 5.91 Å². The number of ether oxygens (including phenoxy) is 1. The lowest BCUT2D eigenvalue weighted by molar-refractivity contribution is 0.102. The lowest BCUT2D eigenvalue weighted by atomic mass is 9.95. The molecule has 0 aliphatic heterocycles. The molecule has 3 aromatic rings. The van der Waals surface area contributed by atoms with Gasteiger partial charge in [0.15, 0.2) is 0 Å². The number of aryl methyl sites for hydroxylation is 1. The van der Waals surface area contributed by atoms with Crippen LogP contribution in [0.1, 0.15) is 41.4 Å². The number of anilines is 1. The van der Waals surface area contributed by atoms with Crippen molar-refractivity contribution in [3.63, 3.8) is 0 Å². The molecule has 0 atom stereocenters. The highest BCUT2D eigenvalue weighted by Crippen LogP contribution is 2.31. The first-order chi connectivity index (χ1) is 11.5. The van der Waals surface area contributed by atoms with Crippen molar-refractivity contribution in [3.05, 3.63) is 47.4 Å². The second-order valence-electron chi connectivity index (χ2n) is 6.02. The van der Waals surface area contributed by atoms with Crippen LogP contribution in [-0.4, -0.2) is 28.2 Å². The van der Waals surface area contributed by atoms with Crippen molar-refractivity contribution in [1.82, 2.24) is 15.2 Å². The van der Waals surface area contributed by atoms with Crippen LogP contribution in [0.3, 0.4) is 0 Å². The van der Waals surface area contributed by atoms with Gasteiger partial charge in [-0.15, -0.1) is 0 Å². The summed E-state index contributed by atoms with van der Waals surface area (Å²) in [7, 11) is 1.59. The molecule has 0 fully saturated rings. The van der Waals surface area contributed by atoms with Gasteiger partial charge in [0.2, 0.25) is 0 Å². The molecule has 0 radical (unpaired) electrons. The van der Waals surface area contributed by atoms with Gasteiger partial charge in [-0.05, 0) is 36.6 Å². The van der Waals surface area contributed by atoms with Crippen LogP contribution in [0.2, 0.25) is 0 Å². The molecule has 0 aliphatic rings. The summed E-state index contributed by atoms with van der Waals surface area (Å²) in [5.41, 5.74) is 3.80. The second-order valence-corrected chi connectivity index (χ2v) is 6.02. The zero-order valence-corrected chi connectivity index (χ0v) is 14.2. The van der Waals surface area contributed by atoms with Crippen molar-refractivity contribution in [3.8, 4) is 5.75 Å². The smallest absolute Gasteiger partial charge is 0.258 e. The summed E-state index contributed by atoms with van der Waals surface area (Å²) in [6.07, 6.45) is 3.18. The Morgan fingerprint density at radius 2 is 2.08 bits per heavy atom. The molecule has 1 amide bonds. The lowest BCUT2D eigenvalue weighted by Gasteiger charge is -2.15. The maximum atomic E-state index is 12.7. The maximum absolute atomic E-state index is 12.7. The molecule has 1 aromatic carbocycles. The van der Waals surface area contributed by atoms with Crippen LogP contribution in [-0.2, 0) is 0 Å². The number of carbonyl (C=O) groups is 1. The van der Waals surface area contributed by atoms with E-state index in [2.05, 4.69) is 40.4 Å². The Labute approximate surface area is 140 Å². The predicted octanol–water partition coefficient (Wildman–Crippen LogP) is 3.65. The number of nitrogens with zero attached hydrogens (tertiary/aromatic N) is 2. The van der Waals surface area contributed by atoms with E-state index in [9.17, 15) is 4.79 Å². The third-order valence-electron chi connectivity index (χ3n) is 3.91. The Kier molecular flexibility index (Phi) is 4.20. The van der Waals surface area contributed by atoms with E-state index >= 15 is 0 Å². The van der Waals surface area contributed by atoms with Gasteiger partial charge < -0.3 is 10.1 Å². The number of carbonyl (C=O) groups excluding carboxylic acids is 1. The average molecular weight is 324 g/mol. The third-order valence-corrected chi connectivity index (χ3v) is 3.91. The van der Waals surface area contributed by atoms with E-state index in [4.69, 9.17) is 4.74 Å². The second kappa shape index (κ2) is 6.31. The highest BCUT2D eigenvalue weighted by Gasteiger charge is 2.18. The van der Waals surface area contributed by atoms with Gasteiger partial charge in [-0.1, -0.05) is 13.8 Å². The van der Waals surface area contributed by atoms with Crippen molar-refractivity contribution >= 4 is 22.5 Å². The Morgan fingerprint density at radius 3 is 2.71 bits per heavy atom. The first kappa shape index (κ1) is 16.0. The number of aromatic amines is 1. The topological polar surface area (TPSA) is 79.9 Å². The number of methoxy groups -OCH3 is 1. The number of nitrogens with one attached hydrogen (secondary N) is 2.